The monoisotopic (exact) mass is 582 g/mol. The molecule has 200 valence electrons. The van der Waals surface area contributed by atoms with Crippen molar-refractivity contribution in [3.05, 3.63) is 83.9 Å². The highest BCUT2D eigenvalue weighted by molar-refractivity contribution is 7.19. The van der Waals surface area contributed by atoms with Crippen molar-refractivity contribution in [1.82, 2.24) is 0 Å². The molecule has 0 aliphatic carbocycles. The lowest BCUT2D eigenvalue weighted by molar-refractivity contribution is 0.103. The zero-order valence-electron chi connectivity index (χ0n) is 22.7. The van der Waals surface area contributed by atoms with Gasteiger partial charge in [-0.05, 0) is 58.6 Å². The van der Waals surface area contributed by atoms with E-state index < -0.39 is 14.8 Å². The summed E-state index contributed by atoms with van der Waals surface area (Å²) in [5, 5.41) is 3.73. The third-order valence-corrected chi connectivity index (χ3v) is 10.8. The predicted molar refractivity (Wildman–Crippen MR) is 168 cm³/mol. The minimum Gasteiger partial charge on any atom is -0.493 e. The molecule has 0 saturated heterocycles. The molecule has 4 rings (SSSR count). The highest BCUT2D eigenvalue weighted by atomic mass is 35.6. The summed E-state index contributed by atoms with van der Waals surface area (Å²) in [6.07, 6.45) is 1.71. The molecule has 4 aromatic rings. The zero-order chi connectivity index (χ0) is 27.3. The summed E-state index contributed by atoms with van der Waals surface area (Å²) in [6, 6.07) is 25.7. The van der Waals surface area contributed by atoms with Gasteiger partial charge in [-0.3, -0.25) is 4.79 Å². The predicted octanol–water partition coefficient (Wildman–Crippen LogP) is 9.65. The molecule has 0 bridgehead atoms. The Hall–Kier alpha value is -2.32. The van der Waals surface area contributed by atoms with E-state index in [9.17, 15) is 4.79 Å². The van der Waals surface area contributed by atoms with Crippen LogP contribution in [0.1, 0.15) is 28.8 Å². The second-order valence-corrected chi connectivity index (χ2v) is 25.0. The van der Waals surface area contributed by atoms with Crippen LogP contribution in [0.4, 0.5) is 0 Å². The highest BCUT2D eigenvalue weighted by Gasteiger charge is 2.25. The number of ketones is 1. The van der Waals surface area contributed by atoms with Gasteiger partial charge in [-0.15, -0.1) is 0 Å². The van der Waals surface area contributed by atoms with E-state index in [4.69, 9.17) is 31.6 Å². The number of ether oxygens (including phenoxy) is 2. The second-order valence-electron chi connectivity index (χ2n) is 11.0. The molecule has 0 radical (unpaired) electrons. The van der Waals surface area contributed by atoms with Gasteiger partial charge in [0.15, 0.2) is 14.8 Å². The number of fused-ring (bicyclic) bond motifs is 2. The molecule has 0 unspecified atom stereocenters. The summed E-state index contributed by atoms with van der Waals surface area (Å²) in [4.78, 5) is 14.5. The van der Waals surface area contributed by atoms with Crippen molar-refractivity contribution in [2.24, 2.45) is 0 Å². The second kappa shape index (κ2) is 12.2. The van der Waals surface area contributed by atoms with Gasteiger partial charge in [-0.25, -0.2) is 0 Å². The minimum absolute atomic E-state index is 0.0947. The maximum Gasteiger partial charge on any atom is 0.201 e. The fourth-order valence-corrected chi connectivity index (χ4v) is 7.46. The Bertz CT molecular complexity index is 1320. The smallest absolute Gasteiger partial charge is 0.201 e. The number of hydrogen-bond acceptors (Lipinski definition) is 3. The van der Waals surface area contributed by atoms with Gasteiger partial charge in [-0.2, -0.15) is 22.2 Å². The van der Waals surface area contributed by atoms with E-state index in [0.29, 0.717) is 35.8 Å². The molecular weight excluding hydrogens is 547 g/mol. The van der Waals surface area contributed by atoms with E-state index >= 15 is 0 Å². The molecular formula is C31H36Cl2O3Si2. The average Bonchev–Trinajstić information content (AvgIpc) is 2.87. The van der Waals surface area contributed by atoms with E-state index in [1.807, 2.05) is 72.8 Å². The van der Waals surface area contributed by atoms with E-state index in [1.54, 1.807) is 0 Å². The molecule has 0 atom stereocenters. The number of carbonyl (C=O) groups is 1. The normalized spacial score (nSPS) is 12.2. The van der Waals surface area contributed by atoms with Crippen molar-refractivity contribution in [2.75, 3.05) is 13.2 Å². The maximum atomic E-state index is 14.5. The minimum atomic E-state index is -1.69. The van der Waals surface area contributed by atoms with Crippen LogP contribution in [0.25, 0.3) is 21.5 Å². The summed E-state index contributed by atoms with van der Waals surface area (Å²) in [7, 11) is -3.38. The molecule has 7 heteroatoms. The average molecular weight is 584 g/mol. The Morgan fingerprint density at radius 3 is 1.42 bits per heavy atom. The number of carbonyl (C=O) groups excluding carboxylic acids is 1. The van der Waals surface area contributed by atoms with Crippen LogP contribution in [0.2, 0.25) is 38.3 Å². The third-order valence-electron chi connectivity index (χ3n) is 6.58. The van der Waals surface area contributed by atoms with Crippen molar-refractivity contribution in [3.8, 4) is 11.5 Å². The molecule has 0 heterocycles. The van der Waals surface area contributed by atoms with Gasteiger partial charge in [0.05, 0.1) is 24.3 Å². The van der Waals surface area contributed by atoms with Crippen molar-refractivity contribution in [2.45, 2.75) is 51.1 Å². The van der Waals surface area contributed by atoms with Gasteiger partial charge in [-0.1, -0.05) is 86.9 Å². The number of benzene rings is 4. The van der Waals surface area contributed by atoms with E-state index in [1.165, 1.54) is 0 Å². The molecule has 38 heavy (non-hydrogen) atoms. The van der Waals surface area contributed by atoms with Gasteiger partial charge in [0, 0.05) is 0 Å². The standard InChI is InChI=1S/C31H36Cl2O3Si2/c1-37(2,32)21-9-19-35-27-17-15-23-11-5-7-13-25(23)29(27)31(34)30-26-14-8-6-12-24(26)16-18-28(30)36-20-10-22-38(3,4)33/h5-8,11-18H,9-10,19-22H2,1-4H3. The van der Waals surface area contributed by atoms with E-state index in [-0.39, 0.29) is 5.78 Å². The van der Waals surface area contributed by atoms with Crippen molar-refractivity contribution in [3.63, 3.8) is 0 Å². The van der Waals surface area contributed by atoms with Gasteiger partial charge in [0.25, 0.3) is 0 Å². The van der Waals surface area contributed by atoms with Crippen molar-refractivity contribution < 1.29 is 14.3 Å². The lowest BCUT2D eigenvalue weighted by Gasteiger charge is -2.18. The summed E-state index contributed by atoms with van der Waals surface area (Å²) >= 11 is 13.0. The first-order chi connectivity index (χ1) is 18.0. The Kier molecular flexibility index (Phi) is 9.25. The van der Waals surface area contributed by atoms with Gasteiger partial charge in [0.2, 0.25) is 5.78 Å². The van der Waals surface area contributed by atoms with Gasteiger partial charge in [0.1, 0.15) is 11.5 Å². The first-order valence-corrected chi connectivity index (χ1v) is 21.7. The Labute approximate surface area is 237 Å². The van der Waals surface area contributed by atoms with Crippen LogP contribution >= 0.6 is 22.2 Å². The van der Waals surface area contributed by atoms with E-state index in [0.717, 1.165) is 46.5 Å². The fourth-order valence-electron chi connectivity index (χ4n) is 4.69. The molecule has 4 aromatic carbocycles. The van der Waals surface area contributed by atoms with Crippen LogP contribution in [0, 0.1) is 0 Å². The topological polar surface area (TPSA) is 35.5 Å². The summed E-state index contributed by atoms with van der Waals surface area (Å²) < 4.78 is 12.5. The molecule has 0 aliphatic heterocycles. The lowest BCUT2D eigenvalue weighted by atomic mass is 9.92. The van der Waals surface area contributed by atoms with Crippen LogP contribution < -0.4 is 9.47 Å². The van der Waals surface area contributed by atoms with Crippen molar-refractivity contribution >= 4 is 64.3 Å². The van der Waals surface area contributed by atoms with Crippen LogP contribution in [-0.4, -0.2) is 33.8 Å². The number of rotatable bonds is 12. The largest absolute Gasteiger partial charge is 0.493 e. The molecule has 0 spiro atoms. The van der Waals surface area contributed by atoms with Gasteiger partial charge >= 0.3 is 0 Å². The van der Waals surface area contributed by atoms with Crippen LogP contribution in [0.3, 0.4) is 0 Å². The SMILES string of the molecule is C[Si](C)(Cl)CCCOc1ccc2ccccc2c1C(=O)c1c(OCCC[Si](C)(C)Cl)ccc2ccccc12. The number of hydrogen-bond donors (Lipinski definition) is 0. The third kappa shape index (κ3) is 7.41. The quantitative estimate of drug-likeness (QED) is 0.0721. The summed E-state index contributed by atoms with van der Waals surface area (Å²) in [5.74, 6) is 1.09. The molecule has 0 saturated carbocycles. The van der Waals surface area contributed by atoms with E-state index in [2.05, 4.69) is 26.2 Å². The highest BCUT2D eigenvalue weighted by Crippen LogP contribution is 2.36. The zero-order valence-corrected chi connectivity index (χ0v) is 26.2. The molecule has 0 fully saturated rings. The Morgan fingerprint density at radius 1 is 0.632 bits per heavy atom. The lowest BCUT2D eigenvalue weighted by Crippen LogP contribution is -2.17. The van der Waals surface area contributed by atoms with Crippen molar-refractivity contribution in [1.29, 1.82) is 0 Å². The molecule has 3 nitrogen and oxygen atoms in total. The maximum absolute atomic E-state index is 14.5. The van der Waals surface area contributed by atoms with Crippen LogP contribution in [0.5, 0.6) is 11.5 Å². The van der Waals surface area contributed by atoms with Crippen LogP contribution in [-0.2, 0) is 0 Å². The van der Waals surface area contributed by atoms with Crippen LogP contribution in [0.15, 0.2) is 72.8 Å². The summed E-state index contributed by atoms with van der Waals surface area (Å²) in [5.41, 5.74) is 1.14. The first-order valence-electron chi connectivity index (χ1n) is 13.3. The first kappa shape index (κ1) is 28.7. The Balaban J connectivity index is 1.75. The molecule has 0 aliphatic rings. The fraction of sp³-hybridized carbons (Fsp3) is 0.323. The Morgan fingerprint density at radius 2 is 1.03 bits per heavy atom. The molecule has 0 amide bonds. The molecule has 0 N–H and O–H groups in total. The summed E-state index contributed by atoms with van der Waals surface area (Å²) in [6.45, 7) is 9.57. The van der Waals surface area contributed by atoms with Gasteiger partial charge < -0.3 is 9.47 Å². The number of halogens is 2. The molecule has 0 aromatic heterocycles.